The number of benzene rings is 2. The van der Waals surface area contributed by atoms with Crippen LogP contribution in [0, 0.1) is 10.1 Å². The van der Waals surface area contributed by atoms with Crippen LogP contribution in [-0.2, 0) is 4.79 Å². The predicted molar refractivity (Wildman–Crippen MR) is 107 cm³/mol. The maximum absolute atomic E-state index is 12.7. The van der Waals surface area contributed by atoms with Crippen molar-refractivity contribution in [2.24, 2.45) is 0 Å². The van der Waals surface area contributed by atoms with Crippen LogP contribution in [0.4, 0.5) is 11.4 Å². The van der Waals surface area contributed by atoms with E-state index in [1.807, 2.05) is 0 Å². The van der Waals surface area contributed by atoms with Gasteiger partial charge in [-0.3, -0.25) is 19.7 Å². The van der Waals surface area contributed by atoms with Crippen LogP contribution in [0.25, 0.3) is 6.08 Å². The Labute approximate surface area is 169 Å². The van der Waals surface area contributed by atoms with E-state index in [0.717, 1.165) is 0 Å². The monoisotopic (exact) mass is 411 g/mol. The molecule has 2 N–H and O–H groups in total. The van der Waals surface area contributed by atoms with E-state index < -0.39 is 16.7 Å². The zero-order valence-corrected chi connectivity index (χ0v) is 15.6. The highest BCUT2D eigenvalue weighted by atomic mass is 35.5. The average molecular weight is 412 g/mol. The van der Waals surface area contributed by atoms with Crippen molar-refractivity contribution in [3.63, 3.8) is 0 Å². The van der Waals surface area contributed by atoms with Crippen LogP contribution in [0.1, 0.15) is 16.1 Å². The third-order valence-electron chi connectivity index (χ3n) is 3.73. The average Bonchev–Trinajstić information content (AvgIpc) is 3.24. The van der Waals surface area contributed by atoms with Gasteiger partial charge in [0.2, 0.25) is 0 Å². The largest absolute Gasteiger partial charge is 0.459 e. The minimum Gasteiger partial charge on any atom is -0.459 e. The number of nitrogens with one attached hydrogen (secondary N) is 2. The Hall–Kier alpha value is -3.91. The van der Waals surface area contributed by atoms with Crippen LogP contribution in [-0.4, -0.2) is 16.7 Å². The molecule has 0 aliphatic heterocycles. The van der Waals surface area contributed by atoms with Crippen molar-refractivity contribution >= 4 is 40.9 Å². The summed E-state index contributed by atoms with van der Waals surface area (Å²) >= 11 is 5.84. The Morgan fingerprint density at radius 2 is 1.83 bits per heavy atom. The lowest BCUT2D eigenvalue weighted by atomic mass is 10.1. The minimum atomic E-state index is -0.641. The Morgan fingerprint density at radius 3 is 2.48 bits per heavy atom. The number of carbonyl (C=O) groups excluding carboxylic acids is 2. The fourth-order valence-corrected chi connectivity index (χ4v) is 2.50. The number of furan rings is 1. The predicted octanol–water partition coefficient (Wildman–Crippen LogP) is 4.25. The molecule has 0 radical (unpaired) electrons. The minimum absolute atomic E-state index is 0.00855. The van der Waals surface area contributed by atoms with Crippen LogP contribution < -0.4 is 10.6 Å². The molecular formula is C20H14ClN3O5. The zero-order chi connectivity index (χ0) is 20.8. The molecule has 1 heterocycles. The molecule has 0 fully saturated rings. The topological polar surface area (TPSA) is 114 Å². The Morgan fingerprint density at radius 1 is 1.07 bits per heavy atom. The molecule has 0 spiro atoms. The summed E-state index contributed by atoms with van der Waals surface area (Å²) in [5.41, 5.74) is 0.548. The van der Waals surface area contributed by atoms with Crippen molar-refractivity contribution in [2.45, 2.75) is 0 Å². The number of non-ortho nitro benzene ring substituents is 1. The molecule has 0 aliphatic rings. The van der Waals surface area contributed by atoms with E-state index in [0.29, 0.717) is 16.3 Å². The van der Waals surface area contributed by atoms with Gasteiger partial charge in [0.1, 0.15) is 5.70 Å². The van der Waals surface area contributed by atoms with Crippen LogP contribution in [0.3, 0.4) is 0 Å². The first-order valence-electron chi connectivity index (χ1n) is 8.30. The molecule has 0 aliphatic carbocycles. The molecule has 0 saturated heterocycles. The molecular weight excluding hydrogens is 398 g/mol. The first-order chi connectivity index (χ1) is 13.9. The van der Waals surface area contributed by atoms with E-state index in [1.165, 1.54) is 42.7 Å². The number of nitro groups is 1. The number of nitro benzene ring substituents is 1. The highest BCUT2D eigenvalue weighted by Gasteiger charge is 2.17. The number of halogens is 1. The number of anilines is 1. The number of hydrogen-bond donors (Lipinski definition) is 2. The van der Waals surface area contributed by atoms with Gasteiger partial charge in [-0.25, -0.2) is 0 Å². The fourth-order valence-electron chi connectivity index (χ4n) is 2.38. The Balaban J connectivity index is 1.91. The van der Waals surface area contributed by atoms with Gasteiger partial charge in [0, 0.05) is 22.8 Å². The van der Waals surface area contributed by atoms with Crippen LogP contribution in [0.5, 0.6) is 0 Å². The summed E-state index contributed by atoms with van der Waals surface area (Å²) in [5.74, 6) is -1.26. The van der Waals surface area contributed by atoms with Gasteiger partial charge in [0.25, 0.3) is 17.5 Å². The van der Waals surface area contributed by atoms with Gasteiger partial charge in [-0.2, -0.15) is 0 Å². The molecule has 1 aromatic heterocycles. The molecule has 2 aromatic carbocycles. The Bertz CT molecular complexity index is 1080. The van der Waals surface area contributed by atoms with Crippen molar-refractivity contribution in [1.82, 2.24) is 5.32 Å². The smallest absolute Gasteiger partial charge is 0.291 e. The normalized spacial score (nSPS) is 11.0. The second-order valence-electron chi connectivity index (χ2n) is 5.80. The highest BCUT2D eigenvalue weighted by molar-refractivity contribution is 6.30. The van der Waals surface area contributed by atoms with Gasteiger partial charge < -0.3 is 15.1 Å². The zero-order valence-electron chi connectivity index (χ0n) is 14.8. The van der Waals surface area contributed by atoms with Gasteiger partial charge in [-0.15, -0.1) is 0 Å². The maximum Gasteiger partial charge on any atom is 0.291 e. The van der Waals surface area contributed by atoms with Crippen LogP contribution >= 0.6 is 11.6 Å². The van der Waals surface area contributed by atoms with E-state index >= 15 is 0 Å². The highest BCUT2D eigenvalue weighted by Crippen LogP contribution is 2.17. The number of carbonyl (C=O) groups is 2. The second kappa shape index (κ2) is 8.85. The first kappa shape index (κ1) is 19.8. The van der Waals surface area contributed by atoms with E-state index in [2.05, 4.69) is 10.6 Å². The van der Waals surface area contributed by atoms with Gasteiger partial charge in [0.15, 0.2) is 5.76 Å². The van der Waals surface area contributed by atoms with Crippen LogP contribution in [0.15, 0.2) is 77.0 Å². The van der Waals surface area contributed by atoms with E-state index in [1.54, 1.807) is 30.3 Å². The number of amides is 2. The van der Waals surface area contributed by atoms with Crippen molar-refractivity contribution in [2.75, 3.05) is 5.32 Å². The molecule has 146 valence electrons. The summed E-state index contributed by atoms with van der Waals surface area (Å²) in [7, 11) is 0. The number of nitrogens with zero attached hydrogens (tertiary/aromatic N) is 1. The summed E-state index contributed by atoms with van der Waals surface area (Å²) in [6.07, 6.45) is 2.66. The van der Waals surface area contributed by atoms with Crippen LogP contribution in [0.2, 0.25) is 5.02 Å². The number of rotatable bonds is 6. The SMILES string of the molecule is O=C(Nc1ccc(Cl)cc1)/C(=C/c1cccc([N+](=O)[O-])c1)NC(=O)c1ccco1. The molecule has 8 nitrogen and oxygen atoms in total. The lowest BCUT2D eigenvalue weighted by Crippen LogP contribution is -2.30. The maximum atomic E-state index is 12.7. The molecule has 0 bridgehead atoms. The number of hydrogen-bond acceptors (Lipinski definition) is 5. The molecule has 9 heteroatoms. The van der Waals surface area contributed by atoms with Gasteiger partial charge in [-0.1, -0.05) is 23.7 Å². The third-order valence-corrected chi connectivity index (χ3v) is 3.98. The van der Waals surface area contributed by atoms with Crippen molar-refractivity contribution in [3.8, 4) is 0 Å². The standard InChI is InChI=1S/C20H14ClN3O5/c21-14-6-8-15(9-7-14)22-19(25)17(23-20(26)18-5-2-10-29-18)12-13-3-1-4-16(11-13)24(27)28/h1-12H,(H,22,25)(H,23,26)/b17-12-. The summed E-state index contributed by atoms with van der Waals surface area (Å²) in [5, 5.41) is 16.6. The first-order valence-corrected chi connectivity index (χ1v) is 8.68. The molecule has 0 saturated carbocycles. The molecule has 3 rings (SSSR count). The fraction of sp³-hybridized carbons (Fsp3) is 0. The van der Waals surface area contributed by atoms with E-state index in [4.69, 9.17) is 16.0 Å². The summed E-state index contributed by atoms with van der Waals surface area (Å²) in [4.78, 5) is 35.5. The van der Waals surface area contributed by atoms with Gasteiger partial charge >= 0.3 is 0 Å². The van der Waals surface area contributed by atoms with Gasteiger partial charge in [-0.05, 0) is 48.0 Å². The molecule has 2 amide bonds. The second-order valence-corrected chi connectivity index (χ2v) is 6.24. The molecule has 0 atom stereocenters. The van der Waals surface area contributed by atoms with Crippen molar-refractivity contribution in [1.29, 1.82) is 0 Å². The molecule has 3 aromatic rings. The van der Waals surface area contributed by atoms with E-state index in [-0.39, 0.29) is 17.1 Å². The van der Waals surface area contributed by atoms with Crippen molar-refractivity contribution < 1.29 is 18.9 Å². The lowest BCUT2D eigenvalue weighted by Gasteiger charge is -2.10. The third kappa shape index (κ3) is 5.30. The Kier molecular flexibility index (Phi) is 6.06. The van der Waals surface area contributed by atoms with E-state index in [9.17, 15) is 19.7 Å². The lowest BCUT2D eigenvalue weighted by molar-refractivity contribution is -0.384. The molecule has 0 unspecified atom stereocenters. The molecule has 29 heavy (non-hydrogen) atoms. The summed E-state index contributed by atoms with van der Waals surface area (Å²) in [6.45, 7) is 0. The quantitative estimate of drug-likeness (QED) is 0.357. The summed E-state index contributed by atoms with van der Waals surface area (Å²) in [6, 6.07) is 15.0. The van der Waals surface area contributed by atoms with Crippen molar-refractivity contribution in [3.05, 3.63) is 99.1 Å². The summed E-state index contributed by atoms with van der Waals surface area (Å²) < 4.78 is 5.03. The van der Waals surface area contributed by atoms with Gasteiger partial charge in [0.05, 0.1) is 11.2 Å².